The Morgan fingerprint density at radius 1 is 1.08 bits per heavy atom. The Kier molecular flexibility index (Phi) is 7.16. The lowest BCUT2D eigenvalue weighted by molar-refractivity contribution is -0.135. The van der Waals surface area contributed by atoms with Crippen molar-refractivity contribution >= 4 is 22.9 Å². The maximum Gasteiger partial charge on any atom is 0.307 e. The van der Waals surface area contributed by atoms with Crippen molar-refractivity contribution in [1.29, 1.82) is 0 Å². The number of methoxy groups -OCH3 is 2. The molecule has 0 atom stereocenters. The van der Waals surface area contributed by atoms with Crippen LogP contribution in [0.1, 0.15) is 12.0 Å². The standard InChI is InChI=1S/C12H15NO4.C6H7N/c1-7(4-11(14)15)8-5-9(16-2)12(13)10(6-8)17-3;7-6-4-2-1-3-5-6/h5-6H,1,4,13H2,2-3H3,(H,14,15);1-5H,7H2. The number of nitrogen functional groups attached to an aromatic ring is 2. The highest BCUT2D eigenvalue weighted by Gasteiger charge is 2.12. The van der Waals surface area contributed by atoms with Crippen molar-refractivity contribution in [3.05, 3.63) is 54.6 Å². The second-order valence-electron chi connectivity index (χ2n) is 4.88. The summed E-state index contributed by atoms with van der Waals surface area (Å²) in [5.41, 5.74) is 13.4. The van der Waals surface area contributed by atoms with Crippen LogP contribution in [0.2, 0.25) is 0 Å². The molecule has 0 aliphatic heterocycles. The number of para-hydroxylation sites is 1. The molecule has 2 aromatic rings. The molecule has 0 saturated carbocycles. The molecular formula is C18H22N2O4. The first-order valence-corrected chi connectivity index (χ1v) is 7.11. The van der Waals surface area contributed by atoms with Gasteiger partial charge in [0, 0.05) is 5.69 Å². The van der Waals surface area contributed by atoms with Gasteiger partial charge in [0.2, 0.25) is 0 Å². The van der Waals surface area contributed by atoms with E-state index in [1.807, 2.05) is 30.3 Å². The van der Waals surface area contributed by atoms with Gasteiger partial charge in [-0.15, -0.1) is 0 Å². The monoisotopic (exact) mass is 330 g/mol. The van der Waals surface area contributed by atoms with E-state index < -0.39 is 5.97 Å². The second kappa shape index (κ2) is 9.09. The molecule has 0 aromatic heterocycles. The first-order valence-electron chi connectivity index (χ1n) is 7.11. The van der Waals surface area contributed by atoms with Crippen LogP contribution in [0.3, 0.4) is 0 Å². The maximum atomic E-state index is 10.6. The second-order valence-corrected chi connectivity index (χ2v) is 4.88. The molecule has 0 amide bonds. The minimum atomic E-state index is -0.940. The average molecular weight is 330 g/mol. The van der Waals surface area contributed by atoms with Gasteiger partial charge < -0.3 is 26.0 Å². The first-order chi connectivity index (χ1) is 11.4. The fraction of sp³-hybridized carbons (Fsp3) is 0.167. The van der Waals surface area contributed by atoms with E-state index >= 15 is 0 Å². The molecule has 2 rings (SSSR count). The zero-order valence-corrected chi connectivity index (χ0v) is 13.8. The summed E-state index contributed by atoms with van der Waals surface area (Å²) in [6.45, 7) is 3.71. The fourth-order valence-corrected chi connectivity index (χ4v) is 1.88. The maximum absolute atomic E-state index is 10.6. The Balaban J connectivity index is 0.000000341. The van der Waals surface area contributed by atoms with E-state index in [9.17, 15) is 4.79 Å². The topological polar surface area (TPSA) is 108 Å². The summed E-state index contributed by atoms with van der Waals surface area (Å²) in [7, 11) is 2.96. The van der Waals surface area contributed by atoms with Gasteiger partial charge >= 0.3 is 5.97 Å². The lowest BCUT2D eigenvalue weighted by Gasteiger charge is -2.12. The summed E-state index contributed by atoms with van der Waals surface area (Å²) in [5, 5.41) is 8.70. The van der Waals surface area contributed by atoms with Crippen LogP contribution in [0.25, 0.3) is 5.57 Å². The quantitative estimate of drug-likeness (QED) is 0.727. The predicted molar refractivity (Wildman–Crippen MR) is 96.1 cm³/mol. The zero-order chi connectivity index (χ0) is 18.1. The highest BCUT2D eigenvalue weighted by Crippen LogP contribution is 2.35. The van der Waals surface area contributed by atoms with Crippen LogP contribution in [-0.4, -0.2) is 25.3 Å². The minimum absolute atomic E-state index is 0.143. The van der Waals surface area contributed by atoms with Gasteiger partial charge in [0.25, 0.3) is 0 Å². The molecule has 6 nitrogen and oxygen atoms in total. The smallest absolute Gasteiger partial charge is 0.307 e. The van der Waals surface area contributed by atoms with Gasteiger partial charge in [-0.1, -0.05) is 24.8 Å². The average Bonchev–Trinajstić information content (AvgIpc) is 2.55. The molecular weight excluding hydrogens is 308 g/mol. The van der Waals surface area contributed by atoms with Crippen LogP contribution in [0.4, 0.5) is 11.4 Å². The third-order valence-corrected chi connectivity index (χ3v) is 3.12. The Morgan fingerprint density at radius 3 is 1.92 bits per heavy atom. The Labute approximate surface area is 141 Å². The van der Waals surface area contributed by atoms with Crippen molar-refractivity contribution in [1.82, 2.24) is 0 Å². The number of carboxylic acid groups (broad SMARTS) is 1. The lowest BCUT2D eigenvalue weighted by Crippen LogP contribution is -2.00. The Hall–Kier alpha value is -3.15. The predicted octanol–water partition coefficient (Wildman–Crippen LogP) is 3.04. The van der Waals surface area contributed by atoms with Gasteiger partial charge in [-0.05, 0) is 35.4 Å². The summed E-state index contributed by atoms with van der Waals surface area (Å²) in [6, 6.07) is 12.8. The molecule has 0 bridgehead atoms. The molecule has 0 spiro atoms. The van der Waals surface area contributed by atoms with E-state index in [0.717, 1.165) is 5.69 Å². The fourth-order valence-electron chi connectivity index (χ4n) is 1.88. The van der Waals surface area contributed by atoms with Crippen molar-refractivity contribution in [3.63, 3.8) is 0 Å². The number of nitrogens with two attached hydrogens (primary N) is 2. The van der Waals surface area contributed by atoms with E-state index in [-0.39, 0.29) is 6.42 Å². The number of rotatable bonds is 5. The summed E-state index contributed by atoms with van der Waals surface area (Å²) in [5.74, 6) is -0.0680. The summed E-state index contributed by atoms with van der Waals surface area (Å²) in [6.07, 6.45) is -0.143. The Bertz CT molecular complexity index is 674. The van der Waals surface area contributed by atoms with Crippen LogP contribution in [-0.2, 0) is 4.79 Å². The molecule has 24 heavy (non-hydrogen) atoms. The van der Waals surface area contributed by atoms with Crippen LogP contribution >= 0.6 is 0 Å². The number of carbonyl (C=O) groups is 1. The van der Waals surface area contributed by atoms with E-state index in [1.165, 1.54) is 14.2 Å². The molecule has 0 unspecified atom stereocenters. The minimum Gasteiger partial charge on any atom is -0.494 e. The largest absolute Gasteiger partial charge is 0.494 e. The van der Waals surface area contributed by atoms with Gasteiger partial charge in [0.1, 0.15) is 17.2 Å². The third-order valence-electron chi connectivity index (χ3n) is 3.12. The summed E-state index contributed by atoms with van der Waals surface area (Å²) >= 11 is 0. The van der Waals surface area contributed by atoms with Gasteiger partial charge in [0.15, 0.2) is 0 Å². The summed E-state index contributed by atoms with van der Waals surface area (Å²) in [4.78, 5) is 10.6. The molecule has 128 valence electrons. The SMILES string of the molecule is C=C(CC(=O)O)c1cc(OC)c(N)c(OC)c1.Nc1ccccc1. The number of benzene rings is 2. The zero-order valence-electron chi connectivity index (χ0n) is 13.8. The van der Waals surface area contributed by atoms with E-state index in [2.05, 4.69) is 6.58 Å². The van der Waals surface area contributed by atoms with Crippen LogP contribution in [0, 0.1) is 0 Å². The number of anilines is 2. The molecule has 0 aliphatic carbocycles. The molecule has 0 aliphatic rings. The van der Waals surface area contributed by atoms with Crippen molar-refractivity contribution in [2.75, 3.05) is 25.7 Å². The lowest BCUT2D eigenvalue weighted by atomic mass is 10.0. The van der Waals surface area contributed by atoms with E-state index in [4.69, 9.17) is 26.0 Å². The van der Waals surface area contributed by atoms with Gasteiger partial charge in [-0.2, -0.15) is 0 Å². The first kappa shape index (κ1) is 18.9. The normalized spacial score (nSPS) is 9.42. The number of ether oxygens (including phenoxy) is 2. The van der Waals surface area contributed by atoms with Crippen LogP contribution in [0.5, 0.6) is 11.5 Å². The number of hydrogen-bond donors (Lipinski definition) is 3. The highest BCUT2D eigenvalue weighted by molar-refractivity contribution is 5.84. The molecule has 6 heteroatoms. The number of hydrogen-bond acceptors (Lipinski definition) is 5. The van der Waals surface area contributed by atoms with Crippen molar-refractivity contribution in [2.45, 2.75) is 6.42 Å². The van der Waals surface area contributed by atoms with E-state index in [1.54, 1.807) is 12.1 Å². The van der Waals surface area contributed by atoms with Crippen LogP contribution in [0.15, 0.2) is 49.0 Å². The molecule has 0 radical (unpaired) electrons. The van der Waals surface area contributed by atoms with E-state index in [0.29, 0.717) is 28.3 Å². The number of aliphatic carboxylic acids is 1. The van der Waals surface area contributed by atoms with Gasteiger partial charge in [-0.3, -0.25) is 4.79 Å². The third kappa shape index (κ3) is 5.57. The molecule has 2 aromatic carbocycles. The summed E-state index contributed by atoms with van der Waals surface area (Å²) < 4.78 is 10.2. The molecule has 0 saturated heterocycles. The molecule has 5 N–H and O–H groups in total. The molecule has 0 fully saturated rings. The van der Waals surface area contributed by atoms with Gasteiger partial charge in [-0.25, -0.2) is 0 Å². The van der Waals surface area contributed by atoms with Crippen molar-refractivity contribution in [2.24, 2.45) is 0 Å². The molecule has 0 heterocycles. The number of carboxylic acids is 1. The van der Waals surface area contributed by atoms with Crippen molar-refractivity contribution in [3.8, 4) is 11.5 Å². The van der Waals surface area contributed by atoms with Crippen molar-refractivity contribution < 1.29 is 19.4 Å². The van der Waals surface area contributed by atoms with Gasteiger partial charge in [0.05, 0.1) is 20.6 Å². The van der Waals surface area contributed by atoms with Crippen LogP contribution < -0.4 is 20.9 Å². The highest BCUT2D eigenvalue weighted by atomic mass is 16.5. The Morgan fingerprint density at radius 2 is 1.58 bits per heavy atom.